The van der Waals surface area contributed by atoms with Gasteiger partial charge in [0.25, 0.3) is 17.5 Å². The van der Waals surface area contributed by atoms with Crippen molar-refractivity contribution in [2.24, 2.45) is 5.10 Å². The number of nitro benzene ring substituents is 1. The van der Waals surface area contributed by atoms with Gasteiger partial charge in [-0.2, -0.15) is 5.10 Å². The van der Waals surface area contributed by atoms with Gasteiger partial charge in [0.2, 0.25) is 0 Å². The maximum Gasteiger partial charge on any atom is 0.271 e. The van der Waals surface area contributed by atoms with Crippen LogP contribution in [0.1, 0.15) is 15.9 Å². The smallest absolute Gasteiger partial charge is 0.271 e. The molecule has 0 unspecified atom stereocenters. The fraction of sp³-hybridized carbons (Fsp3) is 0.0870. The second kappa shape index (κ2) is 11.0. The van der Waals surface area contributed by atoms with E-state index in [2.05, 4.69) is 15.8 Å². The zero-order valence-corrected chi connectivity index (χ0v) is 17.6. The van der Waals surface area contributed by atoms with E-state index in [1.807, 2.05) is 0 Å². The maximum absolute atomic E-state index is 12.3. The first-order chi connectivity index (χ1) is 16.0. The maximum atomic E-state index is 12.3. The average Bonchev–Trinajstić information content (AvgIpc) is 2.83. The van der Waals surface area contributed by atoms with Crippen molar-refractivity contribution in [3.8, 4) is 11.5 Å². The number of nitrogens with one attached hydrogen (secondary N) is 2. The zero-order chi connectivity index (χ0) is 23.6. The molecular weight excluding hydrogens is 428 g/mol. The fourth-order valence-corrected chi connectivity index (χ4v) is 2.78. The van der Waals surface area contributed by atoms with Gasteiger partial charge in [0.15, 0.2) is 6.61 Å². The lowest BCUT2D eigenvalue weighted by Gasteiger charge is -2.11. The van der Waals surface area contributed by atoms with E-state index < -0.39 is 10.8 Å². The number of carbonyl (C=O) groups is 2. The predicted molar refractivity (Wildman–Crippen MR) is 122 cm³/mol. The minimum absolute atomic E-state index is 0.0962. The zero-order valence-electron chi connectivity index (χ0n) is 17.6. The van der Waals surface area contributed by atoms with E-state index in [0.717, 1.165) is 6.07 Å². The first kappa shape index (κ1) is 22.9. The lowest BCUT2D eigenvalue weighted by atomic mass is 10.2. The Labute approximate surface area is 189 Å². The van der Waals surface area contributed by atoms with E-state index in [-0.39, 0.29) is 23.8 Å². The van der Waals surface area contributed by atoms with E-state index in [0.29, 0.717) is 22.7 Å². The molecule has 0 aliphatic rings. The van der Waals surface area contributed by atoms with Gasteiger partial charge < -0.3 is 14.8 Å². The second-order valence-corrected chi connectivity index (χ2v) is 6.58. The molecular formula is C23H20N4O6. The Balaban J connectivity index is 1.60. The van der Waals surface area contributed by atoms with Crippen LogP contribution in [0.5, 0.6) is 11.5 Å². The molecule has 168 valence electrons. The van der Waals surface area contributed by atoms with Gasteiger partial charge in [-0.15, -0.1) is 0 Å². The third-order valence-corrected chi connectivity index (χ3v) is 4.35. The number of hydrogen-bond acceptors (Lipinski definition) is 7. The quantitative estimate of drug-likeness (QED) is 0.293. The molecule has 0 radical (unpaired) electrons. The molecule has 0 aliphatic heterocycles. The Bertz CT molecular complexity index is 1190. The van der Waals surface area contributed by atoms with E-state index in [9.17, 15) is 19.7 Å². The summed E-state index contributed by atoms with van der Waals surface area (Å²) in [5, 5.41) is 17.4. The number of hydrogen-bond donors (Lipinski definition) is 2. The molecule has 3 aromatic rings. The van der Waals surface area contributed by atoms with E-state index >= 15 is 0 Å². The topological polar surface area (TPSA) is 132 Å². The first-order valence-electron chi connectivity index (χ1n) is 9.70. The van der Waals surface area contributed by atoms with E-state index in [1.54, 1.807) is 48.5 Å². The minimum Gasteiger partial charge on any atom is -0.495 e. The summed E-state index contributed by atoms with van der Waals surface area (Å²) in [4.78, 5) is 34.7. The van der Waals surface area contributed by atoms with E-state index in [1.165, 1.54) is 31.5 Å². The van der Waals surface area contributed by atoms with Crippen LogP contribution in [0.15, 0.2) is 77.9 Å². The molecule has 0 heterocycles. The van der Waals surface area contributed by atoms with Gasteiger partial charge >= 0.3 is 0 Å². The van der Waals surface area contributed by atoms with Crippen LogP contribution in [-0.4, -0.2) is 36.7 Å². The standard InChI is InChI=1S/C23H20N4O6/c1-32-21-12-5-3-10-19(21)25-22(28)15-33-20-11-4-2-7-17(20)14-24-26-23(29)16-8-6-9-18(13-16)27(30)31/h2-14H,15H2,1H3,(H,25,28)(H,26,29)/b24-14+. The molecule has 2 amide bonds. The number of nitrogens with zero attached hydrogens (tertiary/aromatic N) is 2. The van der Waals surface area contributed by atoms with Gasteiger partial charge in [0.05, 0.1) is 23.9 Å². The van der Waals surface area contributed by atoms with Crippen molar-refractivity contribution in [1.29, 1.82) is 0 Å². The Morgan fingerprint density at radius 2 is 1.76 bits per heavy atom. The molecule has 3 rings (SSSR count). The summed E-state index contributed by atoms with van der Waals surface area (Å²) in [6.07, 6.45) is 1.35. The third kappa shape index (κ3) is 6.37. The molecule has 33 heavy (non-hydrogen) atoms. The Morgan fingerprint density at radius 3 is 2.52 bits per heavy atom. The minimum atomic E-state index is -0.607. The van der Waals surface area contributed by atoms with Gasteiger partial charge in [-0.25, -0.2) is 5.43 Å². The van der Waals surface area contributed by atoms with Gasteiger partial charge in [0, 0.05) is 23.3 Å². The summed E-state index contributed by atoms with van der Waals surface area (Å²) in [7, 11) is 1.51. The molecule has 0 aliphatic carbocycles. The Morgan fingerprint density at radius 1 is 1.03 bits per heavy atom. The molecule has 3 aromatic carbocycles. The van der Waals surface area contributed by atoms with Gasteiger partial charge in [-0.05, 0) is 30.3 Å². The van der Waals surface area contributed by atoms with Gasteiger partial charge in [0.1, 0.15) is 11.5 Å². The average molecular weight is 448 g/mol. The van der Waals surface area contributed by atoms with Crippen molar-refractivity contribution < 1.29 is 24.0 Å². The highest BCUT2D eigenvalue weighted by Gasteiger charge is 2.11. The summed E-state index contributed by atoms with van der Waals surface area (Å²) >= 11 is 0. The normalized spacial score (nSPS) is 10.5. The van der Waals surface area contributed by atoms with Gasteiger partial charge in [-0.3, -0.25) is 19.7 Å². The van der Waals surface area contributed by atoms with Crippen LogP contribution in [0, 0.1) is 10.1 Å². The van der Waals surface area contributed by atoms with Crippen molar-refractivity contribution in [3.05, 3.63) is 94.0 Å². The lowest BCUT2D eigenvalue weighted by molar-refractivity contribution is -0.384. The largest absolute Gasteiger partial charge is 0.495 e. The summed E-state index contributed by atoms with van der Waals surface area (Å²) in [5.74, 6) is -0.0892. The van der Waals surface area contributed by atoms with Crippen molar-refractivity contribution in [1.82, 2.24) is 5.43 Å². The molecule has 0 fully saturated rings. The molecule has 0 saturated carbocycles. The molecule has 0 atom stereocenters. The summed E-state index contributed by atoms with van der Waals surface area (Å²) in [6, 6.07) is 19.1. The van der Waals surface area contributed by atoms with Crippen LogP contribution in [0.25, 0.3) is 0 Å². The molecule has 0 aromatic heterocycles. The molecule has 2 N–H and O–H groups in total. The fourth-order valence-electron chi connectivity index (χ4n) is 2.78. The highest BCUT2D eigenvalue weighted by Crippen LogP contribution is 2.23. The number of carbonyl (C=O) groups excluding carboxylic acids is 2. The molecule has 0 saturated heterocycles. The number of benzene rings is 3. The highest BCUT2D eigenvalue weighted by atomic mass is 16.6. The molecule has 10 heteroatoms. The lowest BCUT2D eigenvalue weighted by Crippen LogP contribution is -2.21. The van der Waals surface area contributed by atoms with Crippen LogP contribution >= 0.6 is 0 Å². The SMILES string of the molecule is COc1ccccc1NC(=O)COc1ccccc1/C=N/NC(=O)c1cccc([N+](=O)[O-])c1. The third-order valence-electron chi connectivity index (χ3n) is 4.35. The van der Waals surface area contributed by atoms with Crippen molar-refractivity contribution >= 4 is 29.4 Å². The number of hydrazone groups is 1. The summed E-state index contributed by atoms with van der Waals surface area (Å²) < 4.78 is 10.8. The van der Waals surface area contributed by atoms with Gasteiger partial charge in [-0.1, -0.05) is 30.3 Å². The van der Waals surface area contributed by atoms with Crippen LogP contribution < -0.4 is 20.2 Å². The number of ether oxygens (including phenoxy) is 2. The number of non-ortho nitro benzene ring substituents is 1. The van der Waals surface area contributed by atoms with Crippen molar-refractivity contribution in [2.75, 3.05) is 19.0 Å². The Kier molecular flexibility index (Phi) is 7.68. The number of amides is 2. The number of para-hydroxylation sites is 3. The predicted octanol–water partition coefficient (Wildman–Crippen LogP) is 3.38. The van der Waals surface area contributed by atoms with E-state index in [4.69, 9.17) is 9.47 Å². The summed E-state index contributed by atoms with van der Waals surface area (Å²) in [6.45, 7) is -0.261. The molecule has 0 spiro atoms. The van der Waals surface area contributed by atoms with Crippen LogP contribution in [0.2, 0.25) is 0 Å². The Hall–Kier alpha value is -4.73. The molecule has 10 nitrogen and oxygen atoms in total. The van der Waals surface area contributed by atoms with Crippen LogP contribution in [0.3, 0.4) is 0 Å². The second-order valence-electron chi connectivity index (χ2n) is 6.58. The monoisotopic (exact) mass is 448 g/mol. The van der Waals surface area contributed by atoms with Crippen LogP contribution in [0.4, 0.5) is 11.4 Å². The van der Waals surface area contributed by atoms with Crippen molar-refractivity contribution in [3.63, 3.8) is 0 Å². The van der Waals surface area contributed by atoms with Crippen molar-refractivity contribution in [2.45, 2.75) is 0 Å². The number of methoxy groups -OCH3 is 1. The van der Waals surface area contributed by atoms with Crippen LogP contribution in [-0.2, 0) is 4.79 Å². The summed E-state index contributed by atoms with van der Waals surface area (Å²) in [5.41, 5.74) is 3.25. The number of anilines is 1. The number of rotatable bonds is 9. The molecule has 0 bridgehead atoms. The highest BCUT2D eigenvalue weighted by molar-refractivity contribution is 5.96. The number of nitro groups is 1. The first-order valence-corrected chi connectivity index (χ1v) is 9.70.